The Bertz CT molecular complexity index is 690. The van der Waals surface area contributed by atoms with Crippen molar-refractivity contribution >= 4 is 11.9 Å². The van der Waals surface area contributed by atoms with Crippen LogP contribution in [-0.4, -0.2) is 35.4 Å². The van der Waals surface area contributed by atoms with Gasteiger partial charge in [0.1, 0.15) is 12.7 Å². The fourth-order valence-corrected chi connectivity index (χ4v) is 3.63. The standard InChI is InChI=1S/C22H30O5/c1-14-8-9-19-17(7-6-10-22(4,5)25)13-26-21(24)20(19)15(2)12-18(11-14)27-16(3)23/h6-7,10-11,18-20,25H,2,8-9,12-13H2,1,3-5H3/b10-6+,14-11+,17-7-/t18-,19+,20-/m0/s1. The van der Waals surface area contributed by atoms with E-state index < -0.39 is 17.6 Å². The first-order valence-electron chi connectivity index (χ1n) is 9.36. The number of hydrogen-bond acceptors (Lipinski definition) is 5. The van der Waals surface area contributed by atoms with E-state index in [0.717, 1.165) is 29.6 Å². The highest BCUT2D eigenvalue weighted by Crippen LogP contribution is 2.39. The largest absolute Gasteiger partial charge is 0.461 e. The number of carbonyl (C=O) groups is 2. The molecule has 2 aliphatic rings. The molecule has 1 saturated heterocycles. The number of rotatable bonds is 3. The molecule has 0 aromatic heterocycles. The van der Waals surface area contributed by atoms with E-state index in [1.165, 1.54) is 6.92 Å². The van der Waals surface area contributed by atoms with Gasteiger partial charge in [-0.1, -0.05) is 36.0 Å². The summed E-state index contributed by atoms with van der Waals surface area (Å²) in [6.07, 6.45) is 8.97. The highest BCUT2D eigenvalue weighted by molar-refractivity contribution is 5.78. The second-order valence-electron chi connectivity index (χ2n) is 8.01. The molecule has 1 fully saturated rings. The third kappa shape index (κ3) is 6.21. The van der Waals surface area contributed by atoms with Gasteiger partial charge in [-0.05, 0) is 45.3 Å². The average molecular weight is 374 g/mol. The van der Waals surface area contributed by atoms with Crippen molar-refractivity contribution in [3.63, 3.8) is 0 Å². The Morgan fingerprint density at radius 1 is 1.44 bits per heavy atom. The molecular weight excluding hydrogens is 344 g/mol. The Hall–Kier alpha value is -2.14. The summed E-state index contributed by atoms with van der Waals surface area (Å²) in [5.74, 6) is -1.08. The average Bonchev–Trinajstić information content (AvgIpc) is 2.57. The van der Waals surface area contributed by atoms with Crippen molar-refractivity contribution in [1.82, 2.24) is 0 Å². The van der Waals surface area contributed by atoms with Gasteiger partial charge in [-0.25, -0.2) is 0 Å². The Morgan fingerprint density at radius 2 is 2.15 bits per heavy atom. The predicted molar refractivity (Wildman–Crippen MR) is 104 cm³/mol. The molecule has 5 nitrogen and oxygen atoms in total. The van der Waals surface area contributed by atoms with E-state index in [4.69, 9.17) is 9.47 Å². The summed E-state index contributed by atoms with van der Waals surface area (Å²) in [7, 11) is 0. The maximum atomic E-state index is 12.5. The topological polar surface area (TPSA) is 72.8 Å². The van der Waals surface area contributed by atoms with Crippen LogP contribution < -0.4 is 0 Å². The van der Waals surface area contributed by atoms with Gasteiger partial charge in [0.2, 0.25) is 0 Å². The molecule has 0 amide bonds. The molecule has 0 aromatic carbocycles. The molecule has 0 unspecified atom stereocenters. The van der Waals surface area contributed by atoms with Crippen molar-refractivity contribution in [3.05, 3.63) is 47.6 Å². The van der Waals surface area contributed by atoms with E-state index in [1.807, 2.05) is 25.2 Å². The van der Waals surface area contributed by atoms with Gasteiger partial charge in [0, 0.05) is 19.3 Å². The minimum atomic E-state index is -0.902. The van der Waals surface area contributed by atoms with Crippen LogP contribution in [-0.2, 0) is 19.1 Å². The lowest BCUT2D eigenvalue weighted by Crippen LogP contribution is -2.36. The molecule has 3 atom stereocenters. The number of fused-ring (bicyclic) bond motifs is 1. The zero-order chi connectivity index (χ0) is 20.2. The van der Waals surface area contributed by atoms with Crippen LogP contribution in [0.4, 0.5) is 0 Å². The lowest BCUT2D eigenvalue weighted by Gasteiger charge is -2.34. The molecule has 5 heteroatoms. The van der Waals surface area contributed by atoms with Gasteiger partial charge < -0.3 is 14.6 Å². The smallest absolute Gasteiger partial charge is 0.314 e. The maximum absolute atomic E-state index is 12.5. The summed E-state index contributed by atoms with van der Waals surface area (Å²) in [5.41, 5.74) is 1.96. The maximum Gasteiger partial charge on any atom is 0.314 e. The zero-order valence-electron chi connectivity index (χ0n) is 16.7. The Kier molecular flexibility index (Phi) is 6.82. The van der Waals surface area contributed by atoms with Crippen molar-refractivity contribution in [2.24, 2.45) is 11.8 Å². The number of carbonyl (C=O) groups excluding carboxylic acids is 2. The Balaban J connectivity index is 2.31. The van der Waals surface area contributed by atoms with Crippen LogP contribution in [0.3, 0.4) is 0 Å². The van der Waals surface area contributed by atoms with Crippen LogP contribution in [0.5, 0.6) is 0 Å². The van der Waals surface area contributed by atoms with Gasteiger partial charge in [0.15, 0.2) is 0 Å². The van der Waals surface area contributed by atoms with Gasteiger partial charge in [-0.3, -0.25) is 9.59 Å². The van der Waals surface area contributed by atoms with E-state index >= 15 is 0 Å². The highest BCUT2D eigenvalue weighted by Gasteiger charge is 2.39. The van der Waals surface area contributed by atoms with Crippen LogP contribution in [0.1, 0.15) is 47.0 Å². The lowest BCUT2D eigenvalue weighted by atomic mass is 9.76. The summed E-state index contributed by atoms with van der Waals surface area (Å²) in [6.45, 7) is 11.2. The third-order valence-electron chi connectivity index (χ3n) is 4.87. The zero-order valence-corrected chi connectivity index (χ0v) is 16.7. The molecule has 0 spiro atoms. The fourth-order valence-electron chi connectivity index (χ4n) is 3.63. The molecule has 0 aromatic rings. The van der Waals surface area contributed by atoms with Crippen molar-refractivity contribution < 1.29 is 24.2 Å². The van der Waals surface area contributed by atoms with E-state index in [1.54, 1.807) is 19.9 Å². The molecule has 0 saturated carbocycles. The number of hydrogen-bond donors (Lipinski definition) is 1. The molecule has 1 aliphatic carbocycles. The first-order chi connectivity index (χ1) is 12.6. The monoisotopic (exact) mass is 374 g/mol. The summed E-state index contributed by atoms with van der Waals surface area (Å²) in [4.78, 5) is 23.9. The van der Waals surface area contributed by atoms with E-state index in [-0.39, 0.29) is 24.5 Å². The van der Waals surface area contributed by atoms with Crippen LogP contribution in [0.25, 0.3) is 0 Å². The SMILES string of the molecule is C=C1C[C@@H](OC(C)=O)/C=C(\C)CC[C@@H]2/C(=C\C=C\C(C)(C)O)COC(=O)[C@@H]12. The van der Waals surface area contributed by atoms with Gasteiger partial charge in [0.05, 0.1) is 11.5 Å². The second kappa shape index (κ2) is 8.70. The first kappa shape index (κ1) is 21.2. The van der Waals surface area contributed by atoms with Gasteiger partial charge >= 0.3 is 11.9 Å². The first-order valence-corrected chi connectivity index (χ1v) is 9.36. The Labute approximate surface area is 161 Å². The molecule has 0 radical (unpaired) electrons. The van der Waals surface area contributed by atoms with Crippen LogP contribution in [0.2, 0.25) is 0 Å². The number of ether oxygens (including phenoxy) is 2. The van der Waals surface area contributed by atoms with E-state index in [0.29, 0.717) is 6.42 Å². The second-order valence-corrected chi connectivity index (χ2v) is 8.01. The van der Waals surface area contributed by atoms with E-state index in [2.05, 4.69) is 6.58 Å². The quantitative estimate of drug-likeness (QED) is 0.603. The van der Waals surface area contributed by atoms with Crippen molar-refractivity contribution in [1.29, 1.82) is 0 Å². The molecule has 27 heavy (non-hydrogen) atoms. The number of allylic oxidation sites excluding steroid dienone is 3. The van der Waals surface area contributed by atoms with Gasteiger partial charge in [-0.15, -0.1) is 0 Å². The fraction of sp³-hybridized carbons (Fsp3) is 0.545. The minimum absolute atomic E-state index is 0.00960. The predicted octanol–water partition coefficient (Wildman–Crippen LogP) is 3.65. The molecule has 1 heterocycles. The molecule has 1 aliphatic heterocycles. The van der Waals surface area contributed by atoms with E-state index in [9.17, 15) is 14.7 Å². The summed E-state index contributed by atoms with van der Waals surface area (Å²) >= 11 is 0. The molecular formula is C22H30O5. The molecule has 148 valence electrons. The number of cyclic esters (lactones) is 1. The van der Waals surface area contributed by atoms with Crippen molar-refractivity contribution in [3.8, 4) is 0 Å². The van der Waals surface area contributed by atoms with Crippen LogP contribution >= 0.6 is 0 Å². The summed E-state index contributed by atoms with van der Waals surface area (Å²) < 4.78 is 10.8. The summed E-state index contributed by atoms with van der Waals surface area (Å²) in [5, 5.41) is 9.85. The van der Waals surface area contributed by atoms with Crippen molar-refractivity contribution in [2.75, 3.05) is 6.61 Å². The van der Waals surface area contributed by atoms with Gasteiger partial charge in [-0.2, -0.15) is 0 Å². The highest BCUT2D eigenvalue weighted by atomic mass is 16.5. The number of aliphatic hydroxyl groups is 1. The minimum Gasteiger partial charge on any atom is -0.461 e. The number of esters is 2. The third-order valence-corrected chi connectivity index (χ3v) is 4.87. The molecule has 1 N–H and O–H groups in total. The lowest BCUT2D eigenvalue weighted by molar-refractivity contribution is -0.151. The van der Waals surface area contributed by atoms with Crippen LogP contribution in [0, 0.1) is 11.8 Å². The Morgan fingerprint density at radius 3 is 2.78 bits per heavy atom. The van der Waals surface area contributed by atoms with Crippen molar-refractivity contribution in [2.45, 2.75) is 58.7 Å². The molecule has 0 bridgehead atoms. The molecule has 2 rings (SSSR count). The van der Waals surface area contributed by atoms with Gasteiger partial charge in [0.25, 0.3) is 0 Å². The van der Waals surface area contributed by atoms with Crippen LogP contribution in [0.15, 0.2) is 47.6 Å². The normalized spacial score (nSPS) is 30.6. The summed E-state index contributed by atoms with van der Waals surface area (Å²) in [6, 6.07) is 0.